The van der Waals surface area contributed by atoms with Gasteiger partial charge in [-0.2, -0.15) is 0 Å². The van der Waals surface area contributed by atoms with Crippen molar-refractivity contribution in [3.8, 4) is 0 Å². The molecule has 0 amide bonds. The first-order valence-corrected chi connectivity index (χ1v) is 33.4. The Morgan fingerprint density at radius 2 is 0.804 bits per heavy atom. The van der Waals surface area contributed by atoms with Gasteiger partial charge in [-0.15, -0.1) is 0 Å². The van der Waals surface area contributed by atoms with Crippen LogP contribution in [0, 0.1) is 17.8 Å². The SMILES string of the molecule is CCCCCCC[CH2][Sn]([CH2]CCCCCCC)([O]C(=O)OCCC(C)C)[O][Sn]([CH2]CCCCCCC)([O]CCC(C)C)[O]C(=O)OCCC(C)C. The minimum atomic E-state index is -4.74. The molecule has 0 aliphatic rings. The van der Waals surface area contributed by atoms with E-state index in [1.54, 1.807) is 0 Å². The molecule has 1 atom stereocenters. The van der Waals surface area contributed by atoms with Crippen LogP contribution in [0.2, 0.25) is 13.3 Å². The second kappa shape index (κ2) is 33.4. The Balaban J connectivity index is 6.72. The van der Waals surface area contributed by atoms with E-state index in [1.807, 2.05) is 0 Å². The van der Waals surface area contributed by atoms with Crippen LogP contribution in [0.3, 0.4) is 0 Å². The van der Waals surface area contributed by atoms with Crippen molar-refractivity contribution < 1.29 is 29.7 Å². The van der Waals surface area contributed by atoms with Crippen LogP contribution in [0.15, 0.2) is 0 Å². The van der Waals surface area contributed by atoms with Crippen molar-refractivity contribution in [1.82, 2.24) is 0 Å². The van der Waals surface area contributed by atoms with Crippen LogP contribution in [0.5, 0.6) is 0 Å². The van der Waals surface area contributed by atoms with Gasteiger partial charge in [-0.25, -0.2) is 0 Å². The van der Waals surface area contributed by atoms with Crippen LogP contribution in [0.1, 0.15) is 197 Å². The Bertz CT molecular complexity index is 809. The van der Waals surface area contributed by atoms with E-state index < -0.39 is 51.1 Å². The van der Waals surface area contributed by atoms with Gasteiger partial charge >= 0.3 is 329 Å². The number of rotatable bonds is 35. The summed E-state index contributed by atoms with van der Waals surface area (Å²) >= 11 is -9.10. The standard InChI is InChI=1S/3C8H17.2C6H12O3.C5H11O.O.2Sn/c3*1-3-5-7-8-6-4-2;2*1-5(2)3-4-9-6(7)8;1-5(2)3-4-6;;;/h3*1,3-8H2,2H3;2*5H,3-4H2,1-2H3,(H,7,8);5H,3-4H2,1-2H3;;;/q;;;;;-1;;+1;+2/p-2. The molecule has 0 aliphatic heterocycles. The molecule has 10 heteroatoms. The van der Waals surface area contributed by atoms with Crippen LogP contribution in [-0.4, -0.2) is 71.0 Å². The predicted octanol–water partition coefficient (Wildman–Crippen LogP) is 13.9. The van der Waals surface area contributed by atoms with Crippen molar-refractivity contribution >= 4 is 51.1 Å². The minimum absolute atomic E-state index is 0.296. The Labute approximate surface area is 326 Å². The van der Waals surface area contributed by atoms with Crippen LogP contribution in [-0.2, 0) is 20.1 Å². The molecule has 0 bridgehead atoms. The van der Waals surface area contributed by atoms with E-state index >= 15 is 0 Å². The Morgan fingerprint density at radius 1 is 0.451 bits per heavy atom. The fourth-order valence-corrected chi connectivity index (χ4v) is 40.0. The van der Waals surface area contributed by atoms with E-state index in [0.29, 0.717) is 42.0 Å². The van der Waals surface area contributed by atoms with Crippen molar-refractivity contribution in [3.05, 3.63) is 0 Å². The maximum absolute atomic E-state index is 13.5. The molecule has 0 radical (unpaired) electrons. The van der Waals surface area contributed by atoms with Gasteiger partial charge in [-0.3, -0.25) is 0 Å². The molecule has 0 saturated heterocycles. The molecule has 0 aromatic heterocycles. The number of hydrogen-bond donors (Lipinski definition) is 0. The fourth-order valence-electron chi connectivity index (χ4n) is 5.90. The van der Waals surface area contributed by atoms with Crippen LogP contribution in [0.25, 0.3) is 0 Å². The average Bonchev–Trinajstić information content (AvgIpc) is 3.05. The van der Waals surface area contributed by atoms with Crippen LogP contribution in [0.4, 0.5) is 9.59 Å². The van der Waals surface area contributed by atoms with E-state index in [0.717, 1.165) is 85.9 Å². The molecule has 0 rings (SSSR count). The summed E-state index contributed by atoms with van der Waals surface area (Å²) in [6.07, 6.45) is 21.2. The summed E-state index contributed by atoms with van der Waals surface area (Å²) in [6.45, 7) is 20.6. The van der Waals surface area contributed by atoms with E-state index in [4.69, 9.17) is 20.1 Å². The zero-order chi connectivity index (χ0) is 38.2. The number of carbonyl (C=O) groups excluding carboxylic acids is 2. The molecule has 0 N–H and O–H groups in total. The zero-order valence-corrected chi connectivity index (χ0v) is 40.8. The molecule has 0 saturated carbocycles. The van der Waals surface area contributed by atoms with Gasteiger partial charge in [0.05, 0.1) is 0 Å². The number of ether oxygens (including phenoxy) is 2. The fraction of sp³-hybridized carbons (Fsp3) is 0.951. The second-order valence-electron chi connectivity index (χ2n) is 16.0. The molecule has 8 nitrogen and oxygen atoms in total. The van der Waals surface area contributed by atoms with E-state index in [9.17, 15) is 9.59 Å². The molecule has 0 fully saturated rings. The summed E-state index contributed by atoms with van der Waals surface area (Å²) < 4.78 is 40.7. The van der Waals surface area contributed by atoms with Crippen molar-refractivity contribution in [1.29, 1.82) is 0 Å². The summed E-state index contributed by atoms with van der Waals surface area (Å²) in [5.41, 5.74) is 0. The Hall–Kier alpha value is 0.0574. The van der Waals surface area contributed by atoms with Gasteiger partial charge < -0.3 is 0 Å². The quantitative estimate of drug-likeness (QED) is 0.0353. The number of unbranched alkanes of at least 4 members (excludes halogenated alkanes) is 15. The first-order valence-electron chi connectivity index (χ1n) is 21.5. The van der Waals surface area contributed by atoms with Crippen molar-refractivity contribution in [2.24, 2.45) is 17.8 Å². The van der Waals surface area contributed by atoms with E-state index in [-0.39, 0.29) is 0 Å². The summed E-state index contributed by atoms with van der Waals surface area (Å²) in [5, 5.41) is 0. The molecular weight excluding hydrogens is 858 g/mol. The molecule has 51 heavy (non-hydrogen) atoms. The number of carbonyl (C=O) groups is 2. The van der Waals surface area contributed by atoms with Gasteiger partial charge in [-0.05, 0) is 0 Å². The second-order valence-corrected chi connectivity index (χ2v) is 35.9. The van der Waals surface area contributed by atoms with E-state index in [2.05, 4.69) is 62.3 Å². The molecule has 304 valence electrons. The van der Waals surface area contributed by atoms with Crippen LogP contribution < -0.4 is 0 Å². The first-order chi connectivity index (χ1) is 24.4. The Morgan fingerprint density at radius 3 is 1.22 bits per heavy atom. The molecular formula is C41H84O8Sn2. The first kappa shape index (κ1) is 51.1. The third-order valence-corrected chi connectivity index (χ3v) is 38.2. The monoisotopic (exact) mass is 944 g/mol. The van der Waals surface area contributed by atoms with Gasteiger partial charge in [0.2, 0.25) is 0 Å². The third kappa shape index (κ3) is 30.0. The third-order valence-electron chi connectivity index (χ3n) is 9.36. The number of hydrogen-bond acceptors (Lipinski definition) is 8. The predicted molar refractivity (Wildman–Crippen MR) is 216 cm³/mol. The van der Waals surface area contributed by atoms with Gasteiger partial charge in [0.1, 0.15) is 0 Å². The molecule has 1 unspecified atom stereocenters. The van der Waals surface area contributed by atoms with Crippen molar-refractivity contribution in [2.75, 3.05) is 19.8 Å². The molecule has 0 aliphatic carbocycles. The molecule has 0 aromatic carbocycles. The van der Waals surface area contributed by atoms with Crippen molar-refractivity contribution in [2.45, 2.75) is 210 Å². The van der Waals surface area contributed by atoms with Crippen molar-refractivity contribution in [3.63, 3.8) is 0 Å². The Kier molecular flexibility index (Phi) is 33.4. The topological polar surface area (TPSA) is 89.5 Å². The van der Waals surface area contributed by atoms with E-state index in [1.165, 1.54) is 57.8 Å². The summed E-state index contributed by atoms with van der Waals surface area (Å²) in [5.74, 6) is 1.24. The summed E-state index contributed by atoms with van der Waals surface area (Å²) in [4.78, 5) is 27.0. The zero-order valence-electron chi connectivity index (χ0n) is 35.1. The molecule has 0 heterocycles. The maximum atomic E-state index is 13.5. The van der Waals surface area contributed by atoms with Gasteiger partial charge in [0.15, 0.2) is 0 Å². The van der Waals surface area contributed by atoms with Gasteiger partial charge in [-0.1, -0.05) is 0 Å². The van der Waals surface area contributed by atoms with Crippen LogP contribution >= 0.6 is 0 Å². The summed E-state index contributed by atoms with van der Waals surface area (Å²) in [7, 11) is 0. The van der Waals surface area contributed by atoms with Gasteiger partial charge in [0.25, 0.3) is 0 Å². The summed E-state index contributed by atoms with van der Waals surface area (Å²) in [6, 6.07) is 0. The normalized spacial score (nSPS) is 13.2. The average molecular weight is 943 g/mol. The van der Waals surface area contributed by atoms with Gasteiger partial charge in [0, 0.05) is 0 Å². The molecule has 0 spiro atoms. The molecule has 0 aromatic rings.